The first-order chi connectivity index (χ1) is 30.5. The molecule has 0 heterocycles. The van der Waals surface area contributed by atoms with Crippen LogP contribution in [0.5, 0.6) is 0 Å². The highest BCUT2D eigenvalue weighted by molar-refractivity contribution is 5.77. The summed E-state index contributed by atoms with van der Waals surface area (Å²) in [6.45, 7) is 6.39. The van der Waals surface area contributed by atoms with Gasteiger partial charge in [-0.1, -0.05) is 231 Å². The summed E-state index contributed by atoms with van der Waals surface area (Å²) in [6, 6.07) is -0.704. The highest BCUT2D eigenvalue weighted by atomic mass is 16.5. The van der Waals surface area contributed by atoms with Crippen LogP contribution in [0.1, 0.15) is 284 Å². The summed E-state index contributed by atoms with van der Waals surface area (Å²) in [6.07, 6.45) is 59.2. The van der Waals surface area contributed by atoms with Crippen molar-refractivity contribution in [3.05, 3.63) is 36.5 Å². The Morgan fingerprint density at radius 1 is 0.484 bits per heavy atom. The van der Waals surface area contributed by atoms with Crippen molar-refractivity contribution >= 4 is 11.9 Å². The van der Waals surface area contributed by atoms with Gasteiger partial charge in [0.1, 0.15) is 6.10 Å². The lowest BCUT2D eigenvalue weighted by atomic mass is 10.0. The molecule has 0 aromatic rings. The number of ether oxygens (including phenoxy) is 1. The molecule has 62 heavy (non-hydrogen) atoms. The Hall–Kier alpha value is -1.92. The molecule has 3 atom stereocenters. The number of unbranched alkanes of at least 4 members (excludes halogenated alkanes) is 31. The molecule has 6 heteroatoms. The Kier molecular flexibility index (Phi) is 48.5. The molecule has 0 saturated carbocycles. The van der Waals surface area contributed by atoms with E-state index in [2.05, 4.69) is 62.5 Å². The summed E-state index contributed by atoms with van der Waals surface area (Å²) >= 11 is 0. The van der Waals surface area contributed by atoms with E-state index in [-0.39, 0.29) is 24.9 Å². The maximum Gasteiger partial charge on any atom is 0.306 e. The zero-order valence-corrected chi connectivity index (χ0v) is 41.5. The average Bonchev–Trinajstić information content (AvgIpc) is 3.26. The molecule has 0 fully saturated rings. The van der Waals surface area contributed by atoms with Crippen LogP contribution in [0.2, 0.25) is 0 Å². The van der Waals surface area contributed by atoms with Gasteiger partial charge in [0.25, 0.3) is 0 Å². The fourth-order valence-corrected chi connectivity index (χ4v) is 8.35. The van der Waals surface area contributed by atoms with Gasteiger partial charge in [-0.25, -0.2) is 0 Å². The summed E-state index contributed by atoms with van der Waals surface area (Å²) < 4.78 is 5.94. The lowest BCUT2D eigenvalue weighted by Gasteiger charge is -2.24. The molecular weight excluding hydrogens is 767 g/mol. The third-order valence-corrected chi connectivity index (χ3v) is 12.5. The number of hydrogen-bond donors (Lipinski definition) is 3. The first-order valence-corrected chi connectivity index (χ1v) is 27.2. The molecule has 0 aliphatic rings. The monoisotopic (exact) mass is 872 g/mol. The minimum Gasteiger partial charge on any atom is -0.462 e. The Morgan fingerprint density at radius 2 is 0.871 bits per heavy atom. The molecule has 0 aliphatic carbocycles. The van der Waals surface area contributed by atoms with E-state index in [1.54, 1.807) is 0 Å². The Labute approximate surface area is 385 Å². The summed E-state index contributed by atoms with van der Waals surface area (Å²) in [5, 5.41) is 23.8. The quantitative estimate of drug-likeness (QED) is 0.0321. The molecule has 3 N–H and O–H groups in total. The van der Waals surface area contributed by atoms with Crippen LogP contribution in [0.15, 0.2) is 36.5 Å². The van der Waals surface area contributed by atoms with Gasteiger partial charge in [-0.3, -0.25) is 9.59 Å². The fourth-order valence-electron chi connectivity index (χ4n) is 8.35. The predicted molar refractivity (Wildman–Crippen MR) is 269 cm³/mol. The maximum absolute atomic E-state index is 13.2. The van der Waals surface area contributed by atoms with E-state index < -0.39 is 18.2 Å². The van der Waals surface area contributed by atoms with Crippen LogP contribution in [0.3, 0.4) is 0 Å². The molecule has 0 aromatic heterocycles. The largest absolute Gasteiger partial charge is 0.462 e. The van der Waals surface area contributed by atoms with Crippen LogP contribution in [0, 0.1) is 0 Å². The highest BCUT2D eigenvalue weighted by Gasteiger charge is 2.24. The molecule has 0 bridgehead atoms. The molecule has 0 saturated heterocycles. The lowest BCUT2D eigenvalue weighted by Crippen LogP contribution is -2.46. The normalized spacial score (nSPS) is 13.4. The van der Waals surface area contributed by atoms with E-state index in [0.717, 1.165) is 77.0 Å². The summed E-state index contributed by atoms with van der Waals surface area (Å²) in [5.74, 6) is -0.480. The van der Waals surface area contributed by atoms with Gasteiger partial charge in [-0.15, -0.1) is 0 Å². The first kappa shape index (κ1) is 60.1. The van der Waals surface area contributed by atoms with Crippen molar-refractivity contribution in [3.8, 4) is 0 Å². The summed E-state index contributed by atoms with van der Waals surface area (Å²) in [4.78, 5) is 26.2. The van der Waals surface area contributed by atoms with Crippen LogP contribution in [0.25, 0.3) is 0 Å². The second-order valence-electron chi connectivity index (χ2n) is 18.6. The number of nitrogens with one attached hydrogen (secondary N) is 1. The van der Waals surface area contributed by atoms with Crippen molar-refractivity contribution in [1.82, 2.24) is 5.32 Å². The molecule has 0 radical (unpaired) electrons. The predicted octanol–water partition coefficient (Wildman–Crippen LogP) is 16.5. The second kappa shape index (κ2) is 50.1. The number of aliphatic hydroxyl groups excluding tert-OH is 2. The molecule has 0 spiro atoms. The number of carbonyl (C=O) groups excluding carboxylic acids is 2. The topological polar surface area (TPSA) is 95.9 Å². The van der Waals surface area contributed by atoms with Crippen LogP contribution < -0.4 is 5.32 Å². The third kappa shape index (κ3) is 44.7. The van der Waals surface area contributed by atoms with Gasteiger partial charge in [0.15, 0.2) is 0 Å². The van der Waals surface area contributed by atoms with Gasteiger partial charge in [0.2, 0.25) is 5.91 Å². The maximum atomic E-state index is 13.2. The van der Waals surface area contributed by atoms with Gasteiger partial charge in [-0.2, -0.15) is 0 Å². The van der Waals surface area contributed by atoms with Crippen molar-refractivity contribution in [2.75, 3.05) is 6.61 Å². The first-order valence-electron chi connectivity index (χ1n) is 27.2. The second-order valence-corrected chi connectivity index (χ2v) is 18.6. The Balaban J connectivity index is 4.57. The van der Waals surface area contributed by atoms with E-state index >= 15 is 0 Å². The minimum absolute atomic E-state index is 0.0713. The van der Waals surface area contributed by atoms with E-state index in [9.17, 15) is 19.8 Å². The number of rotatable bonds is 49. The standard InChI is InChI=1S/C56H105NO5/c1-4-7-10-13-16-19-22-25-28-29-32-35-38-41-44-47-52(62-56(61)49-46-43-40-37-34-31-27-24-21-18-15-12-9-6-3)50-55(60)57-53(51-58)54(59)48-45-42-39-36-33-30-26-23-20-17-14-11-8-5-2/h9,12,18,21,25,28,52-54,58-59H,4-8,10-11,13-17,19-20,22-24,26-27,29-51H2,1-3H3,(H,57,60)/b12-9+,21-18+,28-25+. The van der Waals surface area contributed by atoms with E-state index in [0.29, 0.717) is 19.3 Å². The Morgan fingerprint density at radius 3 is 1.32 bits per heavy atom. The van der Waals surface area contributed by atoms with Gasteiger partial charge in [-0.05, 0) is 77.0 Å². The van der Waals surface area contributed by atoms with Crippen molar-refractivity contribution in [1.29, 1.82) is 0 Å². The van der Waals surface area contributed by atoms with Crippen molar-refractivity contribution in [2.24, 2.45) is 0 Å². The number of hydrogen-bond acceptors (Lipinski definition) is 5. The van der Waals surface area contributed by atoms with Gasteiger partial charge in [0.05, 0.1) is 25.2 Å². The zero-order chi connectivity index (χ0) is 45.2. The van der Waals surface area contributed by atoms with Crippen LogP contribution in [0.4, 0.5) is 0 Å². The smallest absolute Gasteiger partial charge is 0.306 e. The van der Waals surface area contributed by atoms with Gasteiger partial charge < -0.3 is 20.3 Å². The van der Waals surface area contributed by atoms with Gasteiger partial charge in [0, 0.05) is 6.42 Å². The molecule has 0 aliphatic heterocycles. The number of aliphatic hydroxyl groups is 2. The average molecular weight is 872 g/mol. The zero-order valence-electron chi connectivity index (χ0n) is 41.5. The number of amides is 1. The number of allylic oxidation sites excluding steroid dienone is 6. The molecule has 0 aromatic carbocycles. The molecule has 3 unspecified atom stereocenters. The molecule has 1 amide bonds. The number of carbonyl (C=O) groups is 2. The van der Waals surface area contributed by atoms with Crippen molar-refractivity contribution < 1.29 is 24.5 Å². The molecule has 6 nitrogen and oxygen atoms in total. The van der Waals surface area contributed by atoms with Crippen molar-refractivity contribution in [3.63, 3.8) is 0 Å². The third-order valence-electron chi connectivity index (χ3n) is 12.5. The summed E-state index contributed by atoms with van der Waals surface area (Å²) in [7, 11) is 0. The van der Waals surface area contributed by atoms with Gasteiger partial charge >= 0.3 is 5.97 Å². The minimum atomic E-state index is -0.789. The van der Waals surface area contributed by atoms with E-state index in [1.165, 1.54) is 161 Å². The molecule has 364 valence electrons. The van der Waals surface area contributed by atoms with Crippen LogP contribution in [-0.4, -0.2) is 46.9 Å². The molecule has 0 rings (SSSR count). The number of esters is 1. The van der Waals surface area contributed by atoms with Crippen molar-refractivity contribution in [2.45, 2.75) is 302 Å². The van der Waals surface area contributed by atoms with Crippen LogP contribution >= 0.6 is 0 Å². The Bertz CT molecular complexity index is 1020. The van der Waals surface area contributed by atoms with E-state index in [1.807, 2.05) is 0 Å². The van der Waals surface area contributed by atoms with Crippen LogP contribution in [-0.2, 0) is 14.3 Å². The fraction of sp³-hybridized carbons (Fsp3) is 0.857. The summed E-state index contributed by atoms with van der Waals surface area (Å²) in [5.41, 5.74) is 0. The SMILES string of the molecule is CC/C=C/C/C=C/CCCCCCCCCC(=O)OC(CCCCCCC/C=C/CCCCCCCC)CC(=O)NC(CO)C(O)CCCCCCCCCCCCCCCC. The molecular formula is C56H105NO5. The van der Waals surface area contributed by atoms with E-state index in [4.69, 9.17) is 4.74 Å². The highest BCUT2D eigenvalue weighted by Crippen LogP contribution is 2.18. The lowest BCUT2D eigenvalue weighted by molar-refractivity contribution is -0.151.